The fraction of sp³-hybridized carbons (Fsp3) is 0.333. The number of ether oxygens (including phenoxy) is 1. The predicted octanol–water partition coefficient (Wildman–Crippen LogP) is 5.13. The van der Waals surface area contributed by atoms with Crippen LogP contribution in [-0.4, -0.2) is 24.1 Å². The number of nitrogens with zero attached hydrogens (tertiary/aromatic N) is 1. The minimum Gasteiger partial charge on any atom is -0.489 e. The number of benzene rings is 2. The number of aliphatic imine (C=N–C) groups is 1. The molecule has 2 aliphatic heterocycles. The maximum Gasteiger partial charge on any atom is 0.163 e. The van der Waals surface area contributed by atoms with Crippen LogP contribution < -0.4 is 15.4 Å². The fourth-order valence-corrected chi connectivity index (χ4v) is 5.16. The topological polar surface area (TPSA) is 62.7 Å². The fourth-order valence-electron chi connectivity index (χ4n) is 4.88. The van der Waals surface area contributed by atoms with Gasteiger partial charge < -0.3 is 10.1 Å². The van der Waals surface area contributed by atoms with E-state index in [-0.39, 0.29) is 29.3 Å². The van der Waals surface area contributed by atoms with Gasteiger partial charge in [0.25, 0.3) is 0 Å². The molecule has 33 heavy (non-hydrogen) atoms. The summed E-state index contributed by atoms with van der Waals surface area (Å²) in [5.74, 6) is 0.860. The average Bonchev–Trinajstić information content (AvgIpc) is 2.94. The molecule has 0 saturated carbocycles. The molecule has 3 unspecified atom stereocenters. The van der Waals surface area contributed by atoms with Crippen molar-refractivity contribution in [3.05, 3.63) is 88.2 Å². The van der Waals surface area contributed by atoms with Gasteiger partial charge in [-0.1, -0.05) is 61.8 Å². The molecule has 0 bridgehead atoms. The second-order valence-corrected chi connectivity index (χ2v) is 10.1. The zero-order valence-electron chi connectivity index (χ0n) is 18.8. The standard InChI is InChI=1S/C27H28ClN3O2/c1-27(2)13-22-25(24(32)14-27)26(31-21-10-11-29-15-23(21)30-22)19-9-8-18(12-20(19)28)33-16-17-6-4-3-5-7-17/h3-12,15,21,23,26,30-31H,13-14,16H2,1-2H3. The number of rotatable bonds is 4. The third-order valence-electron chi connectivity index (χ3n) is 6.45. The number of halogens is 1. The van der Waals surface area contributed by atoms with Gasteiger partial charge in [-0.2, -0.15) is 0 Å². The highest BCUT2D eigenvalue weighted by molar-refractivity contribution is 6.31. The highest BCUT2D eigenvalue weighted by atomic mass is 35.5. The number of fused-ring (bicyclic) bond motifs is 1. The summed E-state index contributed by atoms with van der Waals surface area (Å²) in [4.78, 5) is 17.7. The third-order valence-corrected chi connectivity index (χ3v) is 6.78. The van der Waals surface area contributed by atoms with Gasteiger partial charge in [-0.25, -0.2) is 0 Å². The first-order valence-electron chi connectivity index (χ1n) is 11.3. The molecule has 0 amide bonds. The van der Waals surface area contributed by atoms with Crippen LogP contribution in [0.5, 0.6) is 5.75 Å². The van der Waals surface area contributed by atoms with Gasteiger partial charge in [0.1, 0.15) is 12.4 Å². The summed E-state index contributed by atoms with van der Waals surface area (Å²) in [5, 5.41) is 7.85. The Bertz CT molecular complexity index is 1150. The van der Waals surface area contributed by atoms with Gasteiger partial charge in [0.15, 0.2) is 5.78 Å². The van der Waals surface area contributed by atoms with Crippen molar-refractivity contribution in [3.8, 4) is 5.75 Å². The van der Waals surface area contributed by atoms with Crippen LogP contribution in [0.25, 0.3) is 0 Å². The number of hydrogen-bond acceptors (Lipinski definition) is 5. The van der Waals surface area contributed by atoms with Crippen molar-refractivity contribution < 1.29 is 9.53 Å². The number of carbonyl (C=O) groups excluding carboxylic acids is 1. The van der Waals surface area contributed by atoms with E-state index in [0.717, 1.165) is 28.8 Å². The average molecular weight is 462 g/mol. The predicted molar refractivity (Wildman–Crippen MR) is 131 cm³/mol. The second kappa shape index (κ2) is 8.81. The van der Waals surface area contributed by atoms with Crippen LogP contribution in [0.3, 0.4) is 0 Å². The number of nitrogens with one attached hydrogen (secondary N) is 2. The Labute approximate surface area is 199 Å². The van der Waals surface area contributed by atoms with Crippen LogP contribution in [0.4, 0.5) is 0 Å². The summed E-state index contributed by atoms with van der Waals surface area (Å²) in [7, 11) is 0. The zero-order chi connectivity index (χ0) is 23.0. The van der Waals surface area contributed by atoms with E-state index in [1.807, 2.05) is 60.8 Å². The molecule has 0 fully saturated rings. The Morgan fingerprint density at radius 2 is 1.94 bits per heavy atom. The first-order valence-corrected chi connectivity index (χ1v) is 11.7. The van der Waals surface area contributed by atoms with E-state index in [1.54, 1.807) is 6.20 Å². The van der Waals surface area contributed by atoms with Crippen LogP contribution in [-0.2, 0) is 11.4 Å². The van der Waals surface area contributed by atoms with Gasteiger partial charge in [-0.15, -0.1) is 0 Å². The molecule has 3 atom stereocenters. The molecule has 0 spiro atoms. The maximum atomic E-state index is 13.4. The summed E-state index contributed by atoms with van der Waals surface area (Å²) >= 11 is 6.79. The SMILES string of the molecule is CC1(C)CC(=O)C2=C(C1)NC1C=NC=CC1NC2c1ccc(OCc2ccccc2)cc1Cl. The Morgan fingerprint density at radius 1 is 1.12 bits per heavy atom. The van der Waals surface area contributed by atoms with E-state index in [4.69, 9.17) is 16.3 Å². The molecule has 2 heterocycles. The lowest BCUT2D eigenvalue weighted by Crippen LogP contribution is -2.47. The molecule has 2 aromatic rings. The van der Waals surface area contributed by atoms with E-state index < -0.39 is 0 Å². The van der Waals surface area contributed by atoms with Crippen molar-refractivity contribution in [1.82, 2.24) is 10.6 Å². The molecule has 3 aliphatic rings. The van der Waals surface area contributed by atoms with Crippen molar-refractivity contribution in [1.29, 1.82) is 0 Å². The van der Waals surface area contributed by atoms with Crippen molar-refractivity contribution in [2.24, 2.45) is 10.4 Å². The van der Waals surface area contributed by atoms with Crippen LogP contribution in [0.2, 0.25) is 5.02 Å². The van der Waals surface area contributed by atoms with Gasteiger partial charge in [-0.05, 0) is 41.2 Å². The van der Waals surface area contributed by atoms with Gasteiger partial charge in [0.05, 0.1) is 18.1 Å². The Balaban J connectivity index is 1.47. The number of carbonyl (C=O) groups is 1. The molecule has 5 rings (SSSR count). The number of ketones is 1. The molecule has 5 nitrogen and oxygen atoms in total. The summed E-state index contributed by atoms with van der Waals surface area (Å²) in [6.45, 7) is 4.75. The molecular formula is C27H28ClN3O2. The first kappa shape index (κ1) is 21.9. The molecule has 170 valence electrons. The molecule has 6 heteroatoms. The van der Waals surface area contributed by atoms with E-state index in [1.165, 1.54) is 0 Å². The lowest BCUT2D eigenvalue weighted by molar-refractivity contribution is -0.118. The maximum absolute atomic E-state index is 13.4. The van der Waals surface area contributed by atoms with Crippen LogP contribution in [0, 0.1) is 5.41 Å². The van der Waals surface area contributed by atoms with Crippen molar-refractivity contribution in [3.63, 3.8) is 0 Å². The summed E-state index contributed by atoms with van der Waals surface area (Å²) < 4.78 is 5.96. The largest absolute Gasteiger partial charge is 0.489 e. The monoisotopic (exact) mass is 461 g/mol. The van der Waals surface area contributed by atoms with Gasteiger partial charge in [0.2, 0.25) is 0 Å². The highest BCUT2D eigenvalue weighted by Crippen LogP contribution is 2.43. The summed E-state index contributed by atoms with van der Waals surface area (Å²) in [5.41, 5.74) is 3.65. The molecule has 1 aliphatic carbocycles. The van der Waals surface area contributed by atoms with Gasteiger partial charge >= 0.3 is 0 Å². The number of hydrogen-bond donors (Lipinski definition) is 2. The quantitative estimate of drug-likeness (QED) is 0.662. The molecular weight excluding hydrogens is 434 g/mol. The smallest absolute Gasteiger partial charge is 0.163 e. The lowest BCUT2D eigenvalue weighted by Gasteiger charge is -2.34. The molecule has 0 saturated heterocycles. The number of allylic oxidation sites excluding steroid dienone is 1. The molecule has 2 aromatic carbocycles. The zero-order valence-corrected chi connectivity index (χ0v) is 19.6. The first-order chi connectivity index (χ1) is 15.9. The van der Waals surface area contributed by atoms with E-state index >= 15 is 0 Å². The highest BCUT2D eigenvalue weighted by Gasteiger charge is 2.41. The second-order valence-electron chi connectivity index (χ2n) is 9.73. The minimum atomic E-state index is -0.307. The molecule has 0 radical (unpaired) electrons. The molecule has 2 N–H and O–H groups in total. The summed E-state index contributed by atoms with van der Waals surface area (Å²) in [6.07, 6.45) is 7.05. The van der Waals surface area contributed by atoms with Gasteiger partial charge in [-0.3, -0.25) is 15.1 Å². The van der Waals surface area contributed by atoms with E-state index in [9.17, 15) is 4.79 Å². The summed E-state index contributed by atoms with van der Waals surface area (Å²) in [6, 6.07) is 15.4. The lowest BCUT2D eigenvalue weighted by atomic mass is 9.73. The van der Waals surface area contributed by atoms with Gasteiger partial charge in [0, 0.05) is 35.1 Å². The number of Topliss-reactive ketones (excluding diaryl/α,β-unsaturated/α-hetero) is 1. The Morgan fingerprint density at radius 3 is 2.73 bits per heavy atom. The van der Waals surface area contributed by atoms with E-state index in [2.05, 4.69) is 29.5 Å². The normalized spacial score (nSPS) is 25.7. The van der Waals surface area contributed by atoms with Crippen LogP contribution in [0.15, 0.2) is 77.1 Å². The molecule has 0 aromatic heterocycles. The van der Waals surface area contributed by atoms with Crippen molar-refractivity contribution in [2.75, 3.05) is 0 Å². The third kappa shape index (κ3) is 4.61. The van der Waals surface area contributed by atoms with Crippen molar-refractivity contribution in [2.45, 2.75) is 51.4 Å². The Hall–Kier alpha value is -2.89. The van der Waals surface area contributed by atoms with Crippen LogP contribution >= 0.6 is 11.6 Å². The van der Waals surface area contributed by atoms with E-state index in [0.29, 0.717) is 23.8 Å². The van der Waals surface area contributed by atoms with Crippen LogP contribution in [0.1, 0.15) is 43.9 Å². The minimum absolute atomic E-state index is 0.000846. The van der Waals surface area contributed by atoms with Crippen molar-refractivity contribution >= 4 is 23.6 Å². The Kier molecular flexibility index (Phi) is 5.85.